The van der Waals surface area contributed by atoms with Crippen LogP contribution < -0.4 is 5.32 Å². The van der Waals surface area contributed by atoms with Crippen molar-refractivity contribution in [3.05, 3.63) is 23.8 Å². The normalized spacial score (nSPS) is 22.8. The molecule has 1 aromatic carbocycles. The second-order valence-electron chi connectivity index (χ2n) is 4.81. The summed E-state index contributed by atoms with van der Waals surface area (Å²) in [7, 11) is -4.31. The lowest BCUT2D eigenvalue weighted by atomic mass is 10.2. The summed E-state index contributed by atoms with van der Waals surface area (Å²) in [6.07, 6.45) is 0.803. The van der Waals surface area contributed by atoms with Crippen LogP contribution in [0.4, 0.5) is 0 Å². The van der Waals surface area contributed by atoms with Gasteiger partial charge in [0.15, 0.2) is 0 Å². The van der Waals surface area contributed by atoms with Crippen LogP contribution in [0.5, 0.6) is 5.75 Å². The highest BCUT2D eigenvalue weighted by Crippen LogP contribution is 2.24. The van der Waals surface area contributed by atoms with Crippen molar-refractivity contribution in [2.24, 2.45) is 0 Å². The molecular formula is C13H21NO5S. The SMILES string of the molecule is CC1CNCC(C)O1.Cc1cccc(O)c1S(=O)(=O)O. The van der Waals surface area contributed by atoms with Gasteiger partial charge in [0, 0.05) is 13.1 Å². The van der Waals surface area contributed by atoms with E-state index in [1.807, 2.05) is 0 Å². The molecule has 0 bridgehead atoms. The molecule has 2 rings (SSSR count). The van der Waals surface area contributed by atoms with E-state index in [1.54, 1.807) is 0 Å². The van der Waals surface area contributed by atoms with Crippen LogP contribution in [-0.4, -0.2) is 43.4 Å². The quantitative estimate of drug-likeness (QED) is 0.677. The lowest BCUT2D eigenvalue weighted by molar-refractivity contribution is -0.0166. The minimum Gasteiger partial charge on any atom is -0.506 e. The molecule has 0 aromatic heterocycles. The van der Waals surface area contributed by atoms with E-state index >= 15 is 0 Å². The van der Waals surface area contributed by atoms with Crippen molar-refractivity contribution in [1.29, 1.82) is 0 Å². The first-order chi connectivity index (χ1) is 9.21. The standard InChI is InChI=1S/C7H8O4S.C6H13NO/c1-5-3-2-4-6(8)7(5)12(9,10)11;1-5-3-7-4-6(2)8-5/h2-4,8H,1H3,(H,9,10,11);5-7H,3-4H2,1-2H3. The monoisotopic (exact) mass is 303 g/mol. The van der Waals surface area contributed by atoms with Gasteiger partial charge in [-0.1, -0.05) is 12.1 Å². The molecule has 20 heavy (non-hydrogen) atoms. The third-order valence-corrected chi connectivity index (χ3v) is 3.82. The molecule has 0 aliphatic carbocycles. The van der Waals surface area contributed by atoms with Crippen LogP contribution >= 0.6 is 0 Å². The minimum atomic E-state index is -4.31. The first-order valence-corrected chi connectivity index (χ1v) is 7.78. The van der Waals surface area contributed by atoms with Crippen molar-refractivity contribution in [2.75, 3.05) is 13.1 Å². The van der Waals surface area contributed by atoms with E-state index < -0.39 is 20.8 Å². The minimum absolute atomic E-state index is 0.317. The second-order valence-corrected chi connectivity index (χ2v) is 6.17. The largest absolute Gasteiger partial charge is 0.506 e. The highest BCUT2D eigenvalue weighted by atomic mass is 32.2. The number of ether oxygens (including phenoxy) is 1. The van der Waals surface area contributed by atoms with Crippen LogP contribution in [0.3, 0.4) is 0 Å². The molecule has 2 atom stereocenters. The van der Waals surface area contributed by atoms with E-state index in [-0.39, 0.29) is 0 Å². The Hall–Kier alpha value is -1.15. The Morgan fingerprint density at radius 3 is 2.10 bits per heavy atom. The van der Waals surface area contributed by atoms with E-state index in [0.29, 0.717) is 17.8 Å². The zero-order chi connectivity index (χ0) is 15.3. The summed E-state index contributed by atoms with van der Waals surface area (Å²) >= 11 is 0. The molecule has 1 heterocycles. The van der Waals surface area contributed by atoms with Gasteiger partial charge in [-0.15, -0.1) is 0 Å². The molecule has 6 nitrogen and oxygen atoms in total. The molecule has 2 unspecified atom stereocenters. The molecular weight excluding hydrogens is 282 g/mol. The number of rotatable bonds is 1. The van der Waals surface area contributed by atoms with Crippen molar-refractivity contribution < 1.29 is 22.8 Å². The zero-order valence-corrected chi connectivity index (χ0v) is 12.6. The second kappa shape index (κ2) is 7.03. The zero-order valence-electron chi connectivity index (χ0n) is 11.8. The molecule has 114 valence electrons. The molecule has 1 aliphatic rings. The van der Waals surface area contributed by atoms with Crippen LogP contribution in [0.2, 0.25) is 0 Å². The molecule has 0 amide bonds. The summed E-state index contributed by atoms with van der Waals surface area (Å²) in [5.41, 5.74) is 0.317. The van der Waals surface area contributed by atoms with Crippen molar-refractivity contribution in [3.8, 4) is 5.75 Å². The average molecular weight is 303 g/mol. The van der Waals surface area contributed by atoms with Gasteiger partial charge in [0.1, 0.15) is 10.6 Å². The summed E-state index contributed by atoms with van der Waals surface area (Å²) in [6, 6.07) is 4.19. The lowest BCUT2D eigenvalue weighted by Crippen LogP contribution is -2.41. The van der Waals surface area contributed by atoms with Crippen LogP contribution in [0, 0.1) is 6.92 Å². The molecule has 0 radical (unpaired) electrons. The van der Waals surface area contributed by atoms with Gasteiger partial charge in [-0.05, 0) is 32.4 Å². The number of aryl methyl sites for hydroxylation is 1. The first-order valence-electron chi connectivity index (χ1n) is 6.34. The predicted molar refractivity (Wildman–Crippen MR) is 75.5 cm³/mol. The molecule has 0 saturated carbocycles. The highest BCUT2D eigenvalue weighted by Gasteiger charge is 2.17. The maximum atomic E-state index is 10.7. The van der Waals surface area contributed by atoms with Gasteiger partial charge in [-0.2, -0.15) is 8.42 Å². The van der Waals surface area contributed by atoms with E-state index in [2.05, 4.69) is 19.2 Å². The summed E-state index contributed by atoms with van der Waals surface area (Å²) in [4.78, 5) is -0.426. The van der Waals surface area contributed by atoms with Gasteiger partial charge in [-0.25, -0.2) is 0 Å². The molecule has 1 fully saturated rings. The maximum Gasteiger partial charge on any atom is 0.298 e. The number of hydrogen-bond donors (Lipinski definition) is 3. The molecule has 1 aromatic rings. The number of aromatic hydroxyl groups is 1. The van der Waals surface area contributed by atoms with E-state index in [1.165, 1.54) is 25.1 Å². The Labute approximate surface area is 119 Å². The average Bonchev–Trinajstić information content (AvgIpc) is 2.27. The fraction of sp³-hybridized carbons (Fsp3) is 0.538. The van der Waals surface area contributed by atoms with E-state index in [4.69, 9.17) is 14.4 Å². The molecule has 0 spiro atoms. The first kappa shape index (κ1) is 16.9. The lowest BCUT2D eigenvalue weighted by Gasteiger charge is -2.25. The van der Waals surface area contributed by atoms with Gasteiger partial charge in [0.2, 0.25) is 0 Å². The molecule has 3 N–H and O–H groups in total. The fourth-order valence-electron chi connectivity index (χ4n) is 1.96. The number of hydrogen-bond acceptors (Lipinski definition) is 5. The highest BCUT2D eigenvalue weighted by molar-refractivity contribution is 7.86. The van der Waals surface area contributed by atoms with Crippen molar-refractivity contribution in [2.45, 2.75) is 37.9 Å². The Balaban J connectivity index is 0.000000217. The predicted octanol–water partition coefficient (Wildman–Crippen LogP) is 1.33. The van der Waals surface area contributed by atoms with Crippen molar-refractivity contribution in [1.82, 2.24) is 5.32 Å². The van der Waals surface area contributed by atoms with Crippen LogP contribution in [0.15, 0.2) is 23.1 Å². The third-order valence-electron chi connectivity index (χ3n) is 2.78. The van der Waals surface area contributed by atoms with Crippen LogP contribution in [0.1, 0.15) is 19.4 Å². The third kappa shape index (κ3) is 5.09. The van der Waals surface area contributed by atoms with E-state index in [9.17, 15) is 8.42 Å². The Bertz CT molecular complexity index is 515. The number of nitrogens with one attached hydrogen (secondary N) is 1. The van der Waals surface area contributed by atoms with Crippen LogP contribution in [0.25, 0.3) is 0 Å². The topological polar surface area (TPSA) is 95.9 Å². The summed E-state index contributed by atoms with van der Waals surface area (Å²) < 4.78 is 35.4. The van der Waals surface area contributed by atoms with Gasteiger partial charge in [-0.3, -0.25) is 4.55 Å². The van der Waals surface area contributed by atoms with Gasteiger partial charge >= 0.3 is 0 Å². The number of phenolic OH excluding ortho intramolecular Hbond substituents is 1. The van der Waals surface area contributed by atoms with Gasteiger partial charge < -0.3 is 15.2 Å². The summed E-state index contributed by atoms with van der Waals surface area (Å²) in [6.45, 7) is 7.67. The summed E-state index contributed by atoms with van der Waals surface area (Å²) in [5, 5.41) is 12.3. The number of phenols is 1. The molecule has 7 heteroatoms. The van der Waals surface area contributed by atoms with Crippen LogP contribution in [-0.2, 0) is 14.9 Å². The molecule has 1 saturated heterocycles. The Kier molecular flexibility index (Phi) is 5.94. The number of benzene rings is 1. The van der Waals surface area contributed by atoms with Crippen molar-refractivity contribution in [3.63, 3.8) is 0 Å². The summed E-state index contributed by atoms with van der Waals surface area (Å²) in [5.74, 6) is -0.433. The smallest absolute Gasteiger partial charge is 0.298 e. The van der Waals surface area contributed by atoms with Gasteiger partial charge in [0.05, 0.1) is 12.2 Å². The maximum absolute atomic E-state index is 10.7. The fourth-order valence-corrected chi connectivity index (χ4v) is 2.76. The Morgan fingerprint density at radius 1 is 1.25 bits per heavy atom. The van der Waals surface area contributed by atoms with E-state index in [0.717, 1.165) is 13.1 Å². The van der Waals surface area contributed by atoms with Crippen molar-refractivity contribution >= 4 is 10.1 Å². The Morgan fingerprint density at radius 2 is 1.80 bits per heavy atom. The van der Waals surface area contributed by atoms with Gasteiger partial charge in [0.25, 0.3) is 10.1 Å². The molecule has 1 aliphatic heterocycles. The number of morpholine rings is 1.